The second-order valence-corrected chi connectivity index (χ2v) is 8.51. The molecule has 2 aliphatic heterocycles. The molecule has 2 aliphatic rings. The van der Waals surface area contributed by atoms with Crippen LogP contribution in [0.15, 0.2) is 41.8 Å². The highest BCUT2D eigenvalue weighted by molar-refractivity contribution is 7.99. The van der Waals surface area contributed by atoms with Crippen LogP contribution in [0.1, 0.15) is 16.0 Å². The van der Waals surface area contributed by atoms with Gasteiger partial charge in [-0.2, -0.15) is 0 Å². The SMILES string of the molecule is O=C(CSCc1ccccc1)N1CC(N2CCc3sccc3C2)C1. The van der Waals surface area contributed by atoms with Gasteiger partial charge in [0.05, 0.1) is 5.75 Å². The molecular weight excluding hydrogens is 336 g/mol. The predicted molar refractivity (Wildman–Crippen MR) is 101 cm³/mol. The Hall–Kier alpha value is -1.30. The third kappa shape index (κ3) is 3.53. The van der Waals surface area contributed by atoms with Gasteiger partial charge in [0.2, 0.25) is 5.91 Å². The molecule has 126 valence electrons. The lowest BCUT2D eigenvalue weighted by Crippen LogP contribution is -2.61. The summed E-state index contributed by atoms with van der Waals surface area (Å²) in [5, 5.41) is 2.20. The molecular formula is C19H22N2OS2. The lowest BCUT2D eigenvalue weighted by molar-refractivity contribution is -0.135. The van der Waals surface area contributed by atoms with Crippen LogP contribution < -0.4 is 0 Å². The van der Waals surface area contributed by atoms with E-state index in [0.717, 1.165) is 31.9 Å². The predicted octanol–water partition coefficient (Wildman–Crippen LogP) is 3.25. The van der Waals surface area contributed by atoms with E-state index in [1.54, 1.807) is 16.6 Å². The van der Waals surface area contributed by atoms with E-state index in [2.05, 4.69) is 40.6 Å². The van der Waals surface area contributed by atoms with Crippen molar-refractivity contribution in [3.05, 3.63) is 57.8 Å². The minimum absolute atomic E-state index is 0.292. The molecule has 0 saturated carbocycles. The van der Waals surface area contributed by atoms with Gasteiger partial charge >= 0.3 is 0 Å². The molecule has 1 aromatic heterocycles. The summed E-state index contributed by atoms with van der Waals surface area (Å²) in [7, 11) is 0. The van der Waals surface area contributed by atoms with Crippen LogP contribution in [0.3, 0.4) is 0 Å². The van der Waals surface area contributed by atoms with E-state index in [1.807, 2.05) is 22.3 Å². The second-order valence-electron chi connectivity index (χ2n) is 6.52. The second kappa shape index (κ2) is 7.30. The van der Waals surface area contributed by atoms with Gasteiger partial charge in [-0.05, 0) is 29.0 Å². The molecule has 5 heteroatoms. The van der Waals surface area contributed by atoms with Crippen molar-refractivity contribution in [2.45, 2.75) is 24.8 Å². The number of amides is 1. The van der Waals surface area contributed by atoms with Crippen LogP contribution in [-0.2, 0) is 23.5 Å². The molecule has 2 aromatic rings. The van der Waals surface area contributed by atoms with E-state index < -0.39 is 0 Å². The summed E-state index contributed by atoms with van der Waals surface area (Å²) < 4.78 is 0. The maximum absolute atomic E-state index is 12.3. The Morgan fingerprint density at radius 3 is 2.88 bits per heavy atom. The van der Waals surface area contributed by atoms with Crippen LogP contribution in [0.25, 0.3) is 0 Å². The molecule has 0 N–H and O–H groups in total. The standard InChI is InChI=1S/C19H22N2OS2/c22-19(14-23-13-15-4-2-1-3-5-15)21-11-17(12-21)20-8-6-18-16(10-20)7-9-24-18/h1-5,7,9,17H,6,8,10-14H2. The summed E-state index contributed by atoms with van der Waals surface area (Å²) in [4.78, 5) is 18.4. The fraction of sp³-hybridized carbons (Fsp3) is 0.421. The van der Waals surface area contributed by atoms with Crippen molar-refractivity contribution >= 4 is 29.0 Å². The van der Waals surface area contributed by atoms with Crippen molar-refractivity contribution in [3.63, 3.8) is 0 Å². The number of thioether (sulfide) groups is 1. The summed E-state index contributed by atoms with van der Waals surface area (Å²) in [6.07, 6.45) is 1.17. The molecule has 24 heavy (non-hydrogen) atoms. The Morgan fingerprint density at radius 2 is 2.04 bits per heavy atom. The van der Waals surface area contributed by atoms with Crippen molar-refractivity contribution in [2.24, 2.45) is 0 Å². The third-order valence-electron chi connectivity index (χ3n) is 4.91. The normalized spacial score (nSPS) is 18.2. The maximum atomic E-state index is 12.3. The average molecular weight is 359 g/mol. The van der Waals surface area contributed by atoms with Gasteiger partial charge in [-0.1, -0.05) is 30.3 Å². The topological polar surface area (TPSA) is 23.6 Å². The summed E-state index contributed by atoms with van der Waals surface area (Å²) in [5.41, 5.74) is 2.78. The number of likely N-dealkylation sites (tertiary alicyclic amines) is 1. The lowest BCUT2D eigenvalue weighted by Gasteiger charge is -2.46. The highest BCUT2D eigenvalue weighted by Gasteiger charge is 2.35. The van der Waals surface area contributed by atoms with Gasteiger partial charge in [0.15, 0.2) is 0 Å². The largest absolute Gasteiger partial charge is 0.339 e. The molecule has 1 saturated heterocycles. The molecule has 3 nitrogen and oxygen atoms in total. The van der Waals surface area contributed by atoms with Gasteiger partial charge in [-0.15, -0.1) is 23.1 Å². The van der Waals surface area contributed by atoms with Crippen LogP contribution in [0.5, 0.6) is 0 Å². The maximum Gasteiger partial charge on any atom is 0.232 e. The van der Waals surface area contributed by atoms with Crippen LogP contribution in [-0.4, -0.2) is 47.1 Å². The number of hydrogen-bond donors (Lipinski definition) is 0. The van der Waals surface area contributed by atoms with E-state index >= 15 is 0 Å². The zero-order valence-corrected chi connectivity index (χ0v) is 15.3. The Bertz CT molecular complexity index is 694. The van der Waals surface area contributed by atoms with Crippen LogP contribution in [0.4, 0.5) is 0 Å². The average Bonchev–Trinajstić information content (AvgIpc) is 3.02. The molecule has 1 amide bonds. The Balaban J connectivity index is 1.19. The Labute approximate surface area is 151 Å². The highest BCUT2D eigenvalue weighted by atomic mass is 32.2. The lowest BCUT2D eigenvalue weighted by atomic mass is 10.0. The minimum Gasteiger partial charge on any atom is -0.339 e. The number of carbonyl (C=O) groups excluding carboxylic acids is 1. The van der Waals surface area contributed by atoms with Crippen molar-refractivity contribution in [1.29, 1.82) is 0 Å². The molecule has 0 aliphatic carbocycles. The summed E-state index contributed by atoms with van der Waals surface area (Å²) in [5.74, 6) is 1.80. The van der Waals surface area contributed by atoms with Gasteiger partial charge < -0.3 is 4.90 Å². The first-order chi connectivity index (χ1) is 11.8. The van der Waals surface area contributed by atoms with E-state index in [9.17, 15) is 4.79 Å². The molecule has 1 aromatic carbocycles. The fourth-order valence-electron chi connectivity index (χ4n) is 3.39. The molecule has 0 unspecified atom stereocenters. The first-order valence-corrected chi connectivity index (χ1v) is 10.5. The Morgan fingerprint density at radius 1 is 1.21 bits per heavy atom. The number of fused-ring (bicyclic) bond motifs is 1. The molecule has 3 heterocycles. The fourth-order valence-corrected chi connectivity index (χ4v) is 5.17. The summed E-state index contributed by atoms with van der Waals surface area (Å²) >= 11 is 3.60. The zero-order valence-electron chi connectivity index (χ0n) is 13.7. The van der Waals surface area contributed by atoms with E-state index in [0.29, 0.717) is 17.7 Å². The number of nitrogens with zero attached hydrogens (tertiary/aromatic N) is 2. The number of hydrogen-bond acceptors (Lipinski definition) is 4. The third-order valence-corrected chi connectivity index (χ3v) is 6.92. The van der Waals surface area contributed by atoms with Crippen molar-refractivity contribution < 1.29 is 4.79 Å². The summed E-state index contributed by atoms with van der Waals surface area (Å²) in [6, 6.07) is 13.2. The quantitative estimate of drug-likeness (QED) is 0.820. The van der Waals surface area contributed by atoms with Gasteiger partial charge in [-0.25, -0.2) is 0 Å². The van der Waals surface area contributed by atoms with E-state index in [-0.39, 0.29) is 0 Å². The van der Waals surface area contributed by atoms with Crippen LogP contribution in [0.2, 0.25) is 0 Å². The molecule has 0 spiro atoms. The van der Waals surface area contributed by atoms with Gasteiger partial charge in [-0.3, -0.25) is 9.69 Å². The van der Waals surface area contributed by atoms with Crippen LogP contribution >= 0.6 is 23.1 Å². The minimum atomic E-state index is 0.292. The van der Waals surface area contributed by atoms with E-state index in [4.69, 9.17) is 0 Å². The smallest absolute Gasteiger partial charge is 0.232 e. The number of benzene rings is 1. The summed E-state index contributed by atoms with van der Waals surface area (Å²) in [6.45, 7) is 4.02. The monoisotopic (exact) mass is 358 g/mol. The molecule has 1 fully saturated rings. The van der Waals surface area contributed by atoms with E-state index in [1.165, 1.54) is 17.5 Å². The van der Waals surface area contributed by atoms with Crippen molar-refractivity contribution in [1.82, 2.24) is 9.80 Å². The number of carbonyl (C=O) groups is 1. The zero-order chi connectivity index (χ0) is 16.4. The molecule has 4 rings (SSSR count). The Kier molecular flexibility index (Phi) is 4.92. The highest BCUT2D eigenvalue weighted by Crippen LogP contribution is 2.28. The first-order valence-electron chi connectivity index (χ1n) is 8.48. The number of thiophene rings is 1. The van der Waals surface area contributed by atoms with Crippen molar-refractivity contribution in [2.75, 3.05) is 25.4 Å². The van der Waals surface area contributed by atoms with Crippen LogP contribution in [0, 0.1) is 0 Å². The van der Waals surface area contributed by atoms with Gasteiger partial charge in [0.1, 0.15) is 0 Å². The van der Waals surface area contributed by atoms with Gasteiger partial charge in [0.25, 0.3) is 0 Å². The molecule has 0 atom stereocenters. The van der Waals surface area contributed by atoms with Crippen molar-refractivity contribution in [3.8, 4) is 0 Å². The van der Waals surface area contributed by atoms with Gasteiger partial charge in [0, 0.05) is 42.9 Å². The first kappa shape index (κ1) is 16.2. The molecule has 0 bridgehead atoms. The molecule has 0 radical (unpaired) electrons. The number of rotatable bonds is 5.